The molecule has 0 spiro atoms. The van der Waals surface area contributed by atoms with Gasteiger partial charge in [-0.15, -0.1) is 0 Å². The van der Waals surface area contributed by atoms with Crippen molar-refractivity contribution >= 4 is 27.3 Å². The number of nitrogens with one attached hydrogen (secondary N) is 1. The average Bonchev–Trinajstić information content (AvgIpc) is 2.78. The fourth-order valence-corrected chi connectivity index (χ4v) is 3.91. The minimum Gasteiger partial charge on any atom is -0.298 e. The molecule has 0 aliphatic rings. The van der Waals surface area contributed by atoms with Crippen LogP contribution in [0.4, 0.5) is 13.2 Å². The molecule has 0 saturated carbocycles. The fourth-order valence-electron chi connectivity index (χ4n) is 2.19. The maximum Gasteiger partial charge on any atom is 0.401 e. The Morgan fingerprint density at radius 1 is 1.38 bits per heavy atom. The number of pyridine rings is 1. The summed E-state index contributed by atoms with van der Waals surface area (Å²) in [4.78, 5) is 5.03. The summed E-state index contributed by atoms with van der Waals surface area (Å²) < 4.78 is 65.0. The summed E-state index contributed by atoms with van der Waals surface area (Å²) in [5.41, 5.74) is 0.382. The Labute approximate surface area is 142 Å². The van der Waals surface area contributed by atoms with Gasteiger partial charge in [0, 0.05) is 12.7 Å². The third-order valence-electron chi connectivity index (χ3n) is 3.16. The van der Waals surface area contributed by atoms with Crippen LogP contribution in [0.2, 0.25) is 5.15 Å². The molecule has 2 rings (SSSR count). The van der Waals surface area contributed by atoms with Gasteiger partial charge in [0.2, 0.25) is 0 Å². The second-order valence-electron chi connectivity index (χ2n) is 5.24. The van der Waals surface area contributed by atoms with Crippen LogP contribution in [0.15, 0.2) is 29.4 Å². The highest BCUT2D eigenvalue weighted by Crippen LogP contribution is 2.22. The Morgan fingerprint density at radius 2 is 2.08 bits per heavy atom. The zero-order valence-corrected chi connectivity index (χ0v) is 14.3. The highest BCUT2D eigenvalue weighted by atomic mass is 35.5. The number of hydrogen-bond acceptors (Lipinski definition) is 4. The quantitative estimate of drug-likeness (QED) is 0.743. The van der Waals surface area contributed by atoms with E-state index in [2.05, 4.69) is 9.71 Å². The second kappa shape index (κ2) is 7.26. The van der Waals surface area contributed by atoms with Crippen molar-refractivity contribution in [1.82, 2.24) is 19.0 Å². The fraction of sp³-hybridized carbons (Fsp3) is 0.462. The van der Waals surface area contributed by atoms with Gasteiger partial charge < -0.3 is 0 Å². The zero-order chi connectivity index (χ0) is 18.0. The smallest absolute Gasteiger partial charge is 0.298 e. The van der Waals surface area contributed by atoms with E-state index in [1.807, 2.05) is 0 Å². The lowest BCUT2D eigenvalue weighted by atomic mass is 10.4. The Bertz CT molecular complexity index is 807. The Kier molecular flexibility index (Phi) is 5.74. The van der Waals surface area contributed by atoms with Gasteiger partial charge in [-0.2, -0.15) is 13.2 Å². The number of halogens is 4. The van der Waals surface area contributed by atoms with Gasteiger partial charge in [-0.25, -0.2) is 18.1 Å². The molecule has 2 aromatic heterocycles. The van der Waals surface area contributed by atoms with Crippen LogP contribution in [0.3, 0.4) is 0 Å². The SMILES string of the molecule is CN(CCCNS(=O)(=O)c1c(Cl)nc2ccccn12)CC(F)(F)F. The number of hydrogen-bond donors (Lipinski definition) is 1. The molecule has 11 heteroatoms. The topological polar surface area (TPSA) is 66.7 Å². The predicted molar refractivity (Wildman–Crippen MR) is 83.6 cm³/mol. The highest BCUT2D eigenvalue weighted by molar-refractivity contribution is 7.89. The van der Waals surface area contributed by atoms with Crippen molar-refractivity contribution in [2.75, 3.05) is 26.7 Å². The number of alkyl halides is 3. The lowest BCUT2D eigenvalue weighted by Crippen LogP contribution is -2.34. The molecule has 0 aliphatic heterocycles. The first-order valence-electron chi connectivity index (χ1n) is 6.98. The molecule has 0 unspecified atom stereocenters. The van der Waals surface area contributed by atoms with E-state index in [1.54, 1.807) is 18.2 Å². The summed E-state index contributed by atoms with van der Waals surface area (Å²) >= 11 is 5.90. The molecule has 0 fully saturated rings. The van der Waals surface area contributed by atoms with E-state index >= 15 is 0 Å². The van der Waals surface area contributed by atoms with Crippen LogP contribution in [-0.2, 0) is 10.0 Å². The van der Waals surface area contributed by atoms with Crippen LogP contribution in [0, 0.1) is 0 Å². The van der Waals surface area contributed by atoms with Crippen LogP contribution >= 0.6 is 11.6 Å². The maximum atomic E-state index is 12.4. The van der Waals surface area contributed by atoms with Gasteiger partial charge in [0.1, 0.15) is 5.65 Å². The normalized spacial score (nSPS) is 13.1. The van der Waals surface area contributed by atoms with Gasteiger partial charge in [0.25, 0.3) is 10.0 Å². The molecule has 0 saturated heterocycles. The molecule has 6 nitrogen and oxygen atoms in total. The van der Waals surface area contributed by atoms with Crippen LogP contribution in [0.1, 0.15) is 6.42 Å². The van der Waals surface area contributed by atoms with E-state index in [9.17, 15) is 21.6 Å². The molecule has 0 radical (unpaired) electrons. The number of sulfonamides is 1. The van der Waals surface area contributed by atoms with Gasteiger partial charge >= 0.3 is 6.18 Å². The van der Waals surface area contributed by atoms with E-state index in [0.29, 0.717) is 5.65 Å². The largest absolute Gasteiger partial charge is 0.401 e. The molecule has 134 valence electrons. The van der Waals surface area contributed by atoms with Crippen molar-refractivity contribution in [3.8, 4) is 0 Å². The summed E-state index contributed by atoms with van der Waals surface area (Å²) in [6.07, 6.45) is -2.54. The number of nitrogens with zero attached hydrogens (tertiary/aromatic N) is 3. The molecule has 0 amide bonds. The van der Waals surface area contributed by atoms with Crippen molar-refractivity contribution < 1.29 is 21.6 Å². The molecular weight excluding hydrogens is 369 g/mol. The number of fused-ring (bicyclic) bond motifs is 1. The standard InChI is InChI=1S/C13H16ClF3N4O2S/c1-20(9-13(15,16)17)7-4-6-18-24(22,23)12-11(14)19-10-5-2-3-8-21(10)12/h2-3,5,8,18H,4,6-7,9H2,1H3. The first kappa shape index (κ1) is 19.0. The number of rotatable bonds is 7. The van der Waals surface area contributed by atoms with E-state index in [1.165, 1.54) is 17.6 Å². The molecule has 2 aromatic rings. The number of imidazole rings is 1. The van der Waals surface area contributed by atoms with Gasteiger partial charge in [0.15, 0.2) is 10.2 Å². The molecular formula is C13H16ClF3N4O2S. The predicted octanol–water partition coefficient (Wildman–Crippen LogP) is 2.15. The average molecular weight is 385 g/mol. The summed E-state index contributed by atoms with van der Waals surface area (Å²) in [7, 11) is -2.61. The molecule has 0 aliphatic carbocycles. The van der Waals surface area contributed by atoms with Gasteiger partial charge in [-0.05, 0) is 32.1 Å². The van der Waals surface area contributed by atoms with E-state index in [0.717, 1.165) is 4.90 Å². The van der Waals surface area contributed by atoms with Crippen molar-refractivity contribution in [3.63, 3.8) is 0 Å². The van der Waals surface area contributed by atoms with Crippen LogP contribution in [0.25, 0.3) is 5.65 Å². The van der Waals surface area contributed by atoms with Crippen LogP contribution < -0.4 is 4.72 Å². The van der Waals surface area contributed by atoms with Gasteiger partial charge in [-0.3, -0.25) is 9.30 Å². The lowest BCUT2D eigenvalue weighted by molar-refractivity contribution is -0.143. The van der Waals surface area contributed by atoms with Crippen molar-refractivity contribution in [3.05, 3.63) is 29.5 Å². The summed E-state index contributed by atoms with van der Waals surface area (Å²) in [5.74, 6) is 0. The second-order valence-corrected chi connectivity index (χ2v) is 7.28. The van der Waals surface area contributed by atoms with E-state index in [4.69, 9.17) is 11.6 Å². The lowest BCUT2D eigenvalue weighted by Gasteiger charge is -2.18. The van der Waals surface area contributed by atoms with Crippen LogP contribution in [-0.4, -0.2) is 55.6 Å². The minimum atomic E-state index is -4.28. The Morgan fingerprint density at radius 3 is 2.75 bits per heavy atom. The van der Waals surface area contributed by atoms with Gasteiger partial charge in [-0.1, -0.05) is 17.7 Å². The van der Waals surface area contributed by atoms with Crippen molar-refractivity contribution in [2.24, 2.45) is 0 Å². The third kappa shape index (κ3) is 4.82. The van der Waals surface area contributed by atoms with Crippen molar-refractivity contribution in [2.45, 2.75) is 17.6 Å². The minimum absolute atomic E-state index is 0.0130. The first-order valence-corrected chi connectivity index (χ1v) is 8.84. The summed E-state index contributed by atoms with van der Waals surface area (Å²) in [5, 5.41) is -0.355. The molecule has 24 heavy (non-hydrogen) atoms. The number of aromatic nitrogens is 2. The summed E-state index contributed by atoms with van der Waals surface area (Å²) in [6.45, 7) is -0.956. The maximum absolute atomic E-state index is 12.4. The van der Waals surface area contributed by atoms with Gasteiger partial charge in [0.05, 0.1) is 6.54 Å². The van der Waals surface area contributed by atoms with E-state index < -0.39 is 22.7 Å². The molecule has 0 bridgehead atoms. The van der Waals surface area contributed by atoms with E-state index in [-0.39, 0.29) is 29.7 Å². The van der Waals surface area contributed by atoms with Crippen molar-refractivity contribution in [1.29, 1.82) is 0 Å². The molecule has 0 aromatic carbocycles. The van der Waals surface area contributed by atoms with Crippen LogP contribution in [0.5, 0.6) is 0 Å². The monoisotopic (exact) mass is 384 g/mol. The third-order valence-corrected chi connectivity index (χ3v) is 5.02. The Balaban J connectivity index is 1.98. The highest BCUT2D eigenvalue weighted by Gasteiger charge is 2.29. The first-order chi connectivity index (χ1) is 11.1. The zero-order valence-electron chi connectivity index (χ0n) is 12.7. The Hall–Kier alpha value is -1.36. The molecule has 2 heterocycles. The molecule has 0 atom stereocenters. The molecule has 1 N–H and O–H groups in total. The summed E-state index contributed by atoms with van der Waals surface area (Å²) in [6, 6.07) is 4.94.